The molecule has 1 aliphatic rings. The zero-order chi connectivity index (χ0) is 23.2. The van der Waals surface area contributed by atoms with E-state index in [1.807, 2.05) is 30.3 Å². The van der Waals surface area contributed by atoms with Crippen molar-refractivity contribution in [2.75, 3.05) is 30.3 Å². The average molecular weight is 467 g/mol. The first-order valence-corrected chi connectivity index (χ1v) is 11.6. The van der Waals surface area contributed by atoms with Crippen molar-refractivity contribution in [3.05, 3.63) is 88.8 Å². The highest BCUT2D eigenvalue weighted by molar-refractivity contribution is 6.30. The van der Waals surface area contributed by atoms with Crippen LogP contribution in [-0.4, -0.2) is 35.4 Å². The fraction of sp³-hybridized carbons (Fsp3) is 0.308. The summed E-state index contributed by atoms with van der Waals surface area (Å²) >= 11 is 5.87. The third-order valence-corrected chi connectivity index (χ3v) is 6.49. The van der Waals surface area contributed by atoms with E-state index < -0.39 is 0 Å². The van der Waals surface area contributed by atoms with Crippen molar-refractivity contribution in [1.29, 1.82) is 0 Å². The number of piperidine rings is 1. The lowest BCUT2D eigenvalue weighted by molar-refractivity contribution is 0.102. The summed E-state index contributed by atoms with van der Waals surface area (Å²) in [5.74, 6) is 0.572. The Kier molecular flexibility index (Phi) is 7.57. The Hall–Kier alpha value is -2.96. The second-order valence-electron chi connectivity index (χ2n) is 8.45. The molecule has 0 spiro atoms. The number of aromatic nitrogens is 1. The highest BCUT2D eigenvalue weighted by Gasteiger charge is 2.24. The summed E-state index contributed by atoms with van der Waals surface area (Å²) < 4.78 is 13.2. The fourth-order valence-electron chi connectivity index (χ4n) is 4.22. The molecule has 0 bridgehead atoms. The Labute approximate surface area is 199 Å². The van der Waals surface area contributed by atoms with Gasteiger partial charge in [0.15, 0.2) is 0 Å². The molecule has 1 atom stereocenters. The van der Waals surface area contributed by atoms with Crippen molar-refractivity contribution in [3.63, 3.8) is 0 Å². The van der Waals surface area contributed by atoms with E-state index in [9.17, 15) is 9.18 Å². The second-order valence-corrected chi connectivity index (χ2v) is 8.89. The molecule has 5 nitrogen and oxygen atoms in total. The van der Waals surface area contributed by atoms with E-state index in [2.05, 4.69) is 27.4 Å². The molecule has 1 aliphatic heterocycles. The van der Waals surface area contributed by atoms with Crippen LogP contribution in [0.2, 0.25) is 5.02 Å². The van der Waals surface area contributed by atoms with E-state index in [4.69, 9.17) is 11.6 Å². The predicted molar refractivity (Wildman–Crippen MR) is 131 cm³/mol. The van der Waals surface area contributed by atoms with Crippen LogP contribution in [0.5, 0.6) is 0 Å². The minimum Gasteiger partial charge on any atom is -0.384 e. The molecule has 1 saturated heterocycles. The first kappa shape index (κ1) is 23.2. The largest absolute Gasteiger partial charge is 0.384 e. The van der Waals surface area contributed by atoms with Crippen LogP contribution < -0.4 is 10.6 Å². The number of carbonyl (C=O) groups is 1. The topological polar surface area (TPSA) is 57.3 Å². The molecule has 2 heterocycles. The zero-order valence-corrected chi connectivity index (χ0v) is 19.4. The van der Waals surface area contributed by atoms with Crippen molar-refractivity contribution in [1.82, 2.24) is 9.88 Å². The summed E-state index contributed by atoms with van der Waals surface area (Å²) in [4.78, 5) is 19.4. The summed E-state index contributed by atoms with van der Waals surface area (Å²) in [6.45, 7) is 4.98. The predicted octanol–water partition coefficient (Wildman–Crippen LogP) is 6.01. The first-order valence-electron chi connectivity index (χ1n) is 11.2. The van der Waals surface area contributed by atoms with Crippen LogP contribution in [0.3, 0.4) is 0 Å². The molecule has 0 radical (unpaired) electrons. The van der Waals surface area contributed by atoms with E-state index in [-0.39, 0.29) is 17.8 Å². The van der Waals surface area contributed by atoms with Crippen LogP contribution in [0.25, 0.3) is 0 Å². The summed E-state index contributed by atoms with van der Waals surface area (Å²) in [6, 6.07) is 17.9. The van der Waals surface area contributed by atoms with Gasteiger partial charge in [-0.25, -0.2) is 9.37 Å². The quantitative estimate of drug-likeness (QED) is 0.447. The standard InChI is InChI=1S/C26H28ClFN4O/c1-18(20-6-9-22(28)10-7-20)32-14-12-19(13-15-32)16-29-24-5-3-2-4-23(24)26(33)31-25-11-8-21(27)17-30-25/h2-11,17-19,29H,12-16H2,1H3,(H,30,31,33)/t18-/m1/s1. The van der Waals surface area contributed by atoms with E-state index in [0.29, 0.717) is 22.3 Å². The molecule has 1 aromatic heterocycles. The smallest absolute Gasteiger partial charge is 0.258 e. The monoisotopic (exact) mass is 466 g/mol. The molecule has 0 saturated carbocycles. The molecule has 2 aromatic carbocycles. The van der Waals surface area contributed by atoms with Gasteiger partial charge in [-0.3, -0.25) is 9.69 Å². The van der Waals surface area contributed by atoms with Crippen molar-refractivity contribution in [3.8, 4) is 0 Å². The Bertz CT molecular complexity index is 1070. The van der Waals surface area contributed by atoms with Crippen molar-refractivity contribution >= 4 is 29.0 Å². The van der Waals surface area contributed by atoms with Crippen LogP contribution >= 0.6 is 11.6 Å². The van der Waals surface area contributed by atoms with Crippen LogP contribution in [0.4, 0.5) is 15.9 Å². The van der Waals surface area contributed by atoms with Gasteiger partial charge in [0.2, 0.25) is 0 Å². The van der Waals surface area contributed by atoms with Gasteiger partial charge in [-0.2, -0.15) is 0 Å². The Morgan fingerprint density at radius 3 is 2.55 bits per heavy atom. The Balaban J connectivity index is 1.30. The van der Waals surface area contributed by atoms with Gasteiger partial charge in [0.1, 0.15) is 11.6 Å². The lowest BCUT2D eigenvalue weighted by Crippen LogP contribution is -2.37. The van der Waals surface area contributed by atoms with E-state index in [1.54, 1.807) is 18.2 Å². The molecule has 33 heavy (non-hydrogen) atoms. The number of nitrogens with one attached hydrogen (secondary N) is 2. The van der Waals surface area contributed by atoms with Crippen LogP contribution in [0, 0.1) is 11.7 Å². The van der Waals surface area contributed by atoms with Gasteiger partial charge in [-0.05, 0) is 80.7 Å². The highest BCUT2D eigenvalue weighted by Crippen LogP contribution is 2.27. The highest BCUT2D eigenvalue weighted by atomic mass is 35.5. The molecule has 4 rings (SSSR count). The number of hydrogen-bond acceptors (Lipinski definition) is 4. The molecular weight excluding hydrogens is 439 g/mol. The maximum absolute atomic E-state index is 13.2. The lowest BCUT2D eigenvalue weighted by Gasteiger charge is -2.36. The maximum atomic E-state index is 13.2. The number of hydrogen-bond donors (Lipinski definition) is 2. The molecule has 7 heteroatoms. The van der Waals surface area contributed by atoms with Crippen molar-refractivity contribution in [2.45, 2.75) is 25.8 Å². The minimum atomic E-state index is -0.212. The van der Waals surface area contributed by atoms with Gasteiger partial charge < -0.3 is 10.6 Å². The zero-order valence-electron chi connectivity index (χ0n) is 18.6. The van der Waals surface area contributed by atoms with Crippen LogP contribution in [0.1, 0.15) is 41.7 Å². The number of carbonyl (C=O) groups excluding carboxylic acids is 1. The SMILES string of the molecule is C[C@H](c1ccc(F)cc1)N1CCC(CNc2ccccc2C(=O)Nc2ccc(Cl)cn2)CC1. The number of rotatable bonds is 7. The van der Waals surface area contributed by atoms with Gasteiger partial charge >= 0.3 is 0 Å². The fourth-order valence-corrected chi connectivity index (χ4v) is 4.33. The number of para-hydroxylation sites is 1. The summed E-state index contributed by atoms with van der Waals surface area (Å²) in [6.07, 6.45) is 3.65. The Morgan fingerprint density at radius 1 is 1.12 bits per heavy atom. The number of likely N-dealkylation sites (tertiary alicyclic amines) is 1. The lowest BCUT2D eigenvalue weighted by atomic mass is 9.94. The average Bonchev–Trinajstić information content (AvgIpc) is 2.85. The number of pyridine rings is 1. The number of amides is 1. The van der Waals surface area contributed by atoms with Gasteiger partial charge in [0, 0.05) is 24.5 Å². The van der Waals surface area contributed by atoms with Gasteiger partial charge in [0.05, 0.1) is 10.6 Å². The maximum Gasteiger partial charge on any atom is 0.258 e. The number of nitrogens with zero attached hydrogens (tertiary/aromatic N) is 2. The molecule has 1 fully saturated rings. The molecule has 3 aromatic rings. The van der Waals surface area contributed by atoms with Crippen LogP contribution in [-0.2, 0) is 0 Å². The molecule has 172 valence electrons. The third kappa shape index (κ3) is 6.09. The molecular formula is C26H28ClFN4O. The van der Waals surface area contributed by atoms with Gasteiger partial charge in [-0.15, -0.1) is 0 Å². The molecule has 1 amide bonds. The number of halogens is 2. The number of anilines is 2. The molecule has 2 N–H and O–H groups in total. The summed E-state index contributed by atoms with van der Waals surface area (Å²) in [7, 11) is 0. The van der Waals surface area contributed by atoms with E-state index in [0.717, 1.165) is 43.7 Å². The summed E-state index contributed by atoms with van der Waals surface area (Å²) in [5.41, 5.74) is 2.53. The minimum absolute atomic E-state index is 0.200. The van der Waals surface area contributed by atoms with Crippen molar-refractivity contribution in [2.24, 2.45) is 5.92 Å². The van der Waals surface area contributed by atoms with E-state index in [1.165, 1.54) is 18.3 Å². The van der Waals surface area contributed by atoms with Gasteiger partial charge in [-0.1, -0.05) is 35.9 Å². The van der Waals surface area contributed by atoms with Crippen LogP contribution in [0.15, 0.2) is 66.9 Å². The number of benzene rings is 2. The van der Waals surface area contributed by atoms with E-state index >= 15 is 0 Å². The second kappa shape index (κ2) is 10.8. The molecule has 0 aliphatic carbocycles. The van der Waals surface area contributed by atoms with Crippen molar-refractivity contribution < 1.29 is 9.18 Å². The normalized spacial score (nSPS) is 15.7. The third-order valence-electron chi connectivity index (χ3n) is 6.27. The molecule has 0 unspecified atom stereocenters. The van der Waals surface area contributed by atoms with Gasteiger partial charge in [0.25, 0.3) is 5.91 Å². The summed E-state index contributed by atoms with van der Waals surface area (Å²) in [5, 5.41) is 6.82. The first-order chi connectivity index (χ1) is 16.0. The Morgan fingerprint density at radius 2 is 1.85 bits per heavy atom.